The largest absolute Gasteiger partial charge is 0.756 e. The molecule has 0 bridgehead atoms. The van der Waals surface area contributed by atoms with Gasteiger partial charge in [0.15, 0.2) is 6.23 Å². The Labute approximate surface area is 162 Å². The molecule has 1 saturated heterocycles. The lowest BCUT2D eigenvalue weighted by Gasteiger charge is -2.31. The van der Waals surface area contributed by atoms with Crippen molar-refractivity contribution in [2.24, 2.45) is 0 Å². The van der Waals surface area contributed by atoms with Gasteiger partial charge in [-0.05, 0) is 0 Å². The molecule has 1 fully saturated rings. The van der Waals surface area contributed by atoms with Gasteiger partial charge in [0.25, 0.3) is 21.2 Å². The molecule has 3 N–H and O–H groups in total. The van der Waals surface area contributed by atoms with E-state index >= 15 is 0 Å². The number of nitrogens with zero attached hydrogens (tertiary/aromatic N) is 1. The van der Waals surface area contributed by atoms with E-state index in [2.05, 4.69) is 19.3 Å². The molecule has 0 amide bonds. The Bertz CT molecular complexity index is 968. The van der Waals surface area contributed by atoms with Crippen LogP contribution in [0.1, 0.15) is 12.6 Å². The highest BCUT2D eigenvalue weighted by Crippen LogP contribution is 2.55. The van der Waals surface area contributed by atoms with Crippen LogP contribution in [0.3, 0.4) is 0 Å². The molecule has 16 heteroatoms. The second-order valence-corrected chi connectivity index (χ2v) is 8.58. The molecule has 0 aromatic carbocycles. The fraction of sp³-hybridized carbons (Fsp3) is 0.538. The van der Waals surface area contributed by atoms with E-state index in [-0.39, 0.29) is 6.42 Å². The summed E-state index contributed by atoms with van der Waals surface area (Å²) < 4.78 is 41.4. The predicted molar refractivity (Wildman–Crippen MR) is 88.9 cm³/mol. The number of phosphoric ester groups is 2. The lowest BCUT2D eigenvalue weighted by molar-refractivity contribution is -0.245. The van der Waals surface area contributed by atoms with Gasteiger partial charge in [-0.2, -0.15) is 0 Å². The summed E-state index contributed by atoms with van der Waals surface area (Å²) in [6, 6.07) is 0.958. The van der Waals surface area contributed by atoms with E-state index in [9.17, 15) is 38.7 Å². The molecule has 1 aliphatic rings. The van der Waals surface area contributed by atoms with Crippen molar-refractivity contribution in [2.75, 3.05) is 13.2 Å². The van der Waals surface area contributed by atoms with Gasteiger partial charge < -0.3 is 33.8 Å². The van der Waals surface area contributed by atoms with Crippen LogP contribution in [0.4, 0.5) is 0 Å². The summed E-state index contributed by atoms with van der Waals surface area (Å²) in [5.41, 5.74) is -1.67. The summed E-state index contributed by atoms with van der Waals surface area (Å²) in [6.07, 6.45) is -0.616. The van der Waals surface area contributed by atoms with Crippen molar-refractivity contribution < 1.29 is 47.2 Å². The van der Waals surface area contributed by atoms with Gasteiger partial charge >= 0.3 is 5.69 Å². The van der Waals surface area contributed by atoms with Crippen molar-refractivity contribution in [1.82, 2.24) is 9.55 Å². The van der Waals surface area contributed by atoms with Crippen molar-refractivity contribution >= 4 is 15.6 Å². The quantitative estimate of drug-likeness (QED) is 0.196. The molecule has 1 aliphatic heterocycles. The van der Waals surface area contributed by atoms with Crippen LogP contribution < -0.4 is 21.0 Å². The molecule has 0 saturated carbocycles. The fourth-order valence-electron chi connectivity index (χ4n) is 2.28. The summed E-state index contributed by atoms with van der Waals surface area (Å²) in [6.45, 7) is -1.47. The number of nitrogens with one attached hydrogen (secondary N) is 1. The van der Waals surface area contributed by atoms with Crippen molar-refractivity contribution in [1.29, 1.82) is 0 Å². The van der Waals surface area contributed by atoms with Gasteiger partial charge in [-0.3, -0.25) is 23.5 Å². The lowest BCUT2D eigenvalue weighted by atomic mass is 10.1. The number of terminal acetylenes is 1. The topological polar surface area (TPSA) is 212 Å². The molecule has 1 aromatic heterocycles. The molecule has 2 unspecified atom stereocenters. The first kappa shape index (κ1) is 23.7. The fourth-order valence-corrected chi connectivity index (χ4v) is 4.28. The van der Waals surface area contributed by atoms with E-state index in [1.807, 2.05) is 4.98 Å². The van der Waals surface area contributed by atoms with Gasteiger partial charge in [0, 0.05) is 18.7 Å². The van der Waals surface area contributed by atoms with Crippen LogP contribution in [0, 0.1) is 12.3 Å². The number of hydrogen-bond donors (Lipinski definition) is 3. The van der Waals surface area contributed by atoms with Crippen LogP contribution in [0.15, 0.2) is 21.9 Å². The molecule has 162 valence electrons. The Morgan fingerprint density at radius 1 is 1.24 bits per heavy atom. The summed E-state index contributed by atoms with van der Waals surface area (Å²) in [4.78, 5) is 47.8. The highest BCUT2D eigenvalue weighted by atomic mass is 31.3. The standard InChI is InChI=1S/C13H18N2O12P2/c1-2-3-6-24-28(20,21)27-29(22,23)25-7-8-10(17)11(18)12(26-8)15-5-4-9(16)14-13(15)19/h1,4-5,8,10-12,17-18H,3,6-7H2,(H,20,21)(H,22,23)(H,14,16,19)/p-2/t8-,10-,11-,12-/m1/s1. The molecule has 0 radical (unpaired) electrons. The third-order valence-corrected chi connectivity index (χ3v) is 6.12. The SMILES string of the molecule is C#CCCOP(=O)([O-])OP(=O)([O-])OC[C@H]1O[C@@H](n2ccc(=O)[nH]c2=O)[C@H](O)[C@@H]1O. The normalized spacial score (nSPS) is 28.4. The number of H-pyrrole nitrogens is 1. The second kappa shape index (κ2) is 9.46. The van der Waals surface area contributed by atoms with Crippen LogP contribution in [0.5, 0.6) is 0 Å². The maximum atomic E-state index is 11.8. The average molecular weight is 454 g/mol. The van der Waals surface area contributed by atoms with E-state index in [1.54, 1.807) is 0 Å². The number of aromatic amines is 1. The zero-order valence-corrected chi connectivity index (χ0v) is 16.3. The van der Waals surface area contributed by atoms with Crippen molar-refractivity contribution in [3.05, 3.63) is 33.1 Å². The zero-order valence-electron chi connectivity index (χ0n) is 14.5. The summed E-state index contributed by atoms with van der Waals surface area (Å²) >= 11 is 0. The lowest BCUT2D eigenvalue weighted by Crippen LogP contribution is -2.37. The first-order chi connectivity index (χ1) is 13.5. The van der Waals surface area contributed by atoms with Crippen LogP contribution in [-0.2, 0) is 27.2 Å². The molecule has 6 atom stereocenters. The van der Waals surface area contributed by atoms with E-state index < -0.39 is 64.6 Å². The Hall–Kier alpha value is -1.62. The molecule has 2 rings (SSSR count). The van der Waals surface area contributed by atoms with E-state index in [1.165, 1.54) is 0 Å². The maximum absolute atomic E-state index is 11.8. The third kappa shape index (κ3) is 6.43. The van der Waals surface area contributed by atoms with Crippen LogP contribution in [-0.4, -0.2) is 51.3 Å². The molecule has 0 aliphatic carbocycles. The molecule has 29 heavy (non-hydrogen) atoms. The molecule has 0 spiro atoms. The highest BCUT2D eigenvalue weighted by molar-refractivity contribution is 7.59. The van der Waals surface area contributed by atoms with Crippen LogP contribution in [0.2, 0.25) is 0 Å². The summed E-state index contributed by atoms with van der Waals surface area (Å²) in [7, 11) is -10.7. The molecule has 14 nitrogen and oxygen atoms in total. The van der Waals surface area contributed by atoms with Gasteiger partial charge in [-0.15, -0.1) is 12.3 Å². The van der Waals surface area contributed by atoms with Gasteiger partial charge in [0.1, 0.15) is 18.3 Å². The minimum Gasteiger partial charge on any atom is -0.756 e. The smallest absolute Gasteiger partial charge is 0.330 e. The van der Waals surface area contributed by atoms with Gasteiger partial charge in [-0.25, -0.2) is 9.11 Å². The average Bonchev–Trinajstić information content (AvgIpc) is 2.87. The Morgan fingerprint density at radius 2 is 1.90 bits per heavy atom. The zero-order chi connectivity index (χ0) is 21.8. The number of aromatic nitrogens is 2. The highest BCUT2D eigenvalue weighted by Gasteiger charge is 2.44. The Kier molecular flexibility index (Phi) is 7.72. The predicted octanol–water partition coefficient (Wildman–Crippen LogP) is -2.83. The number of hydrogen-bond acceptors (Lipinski definition) is 12. The summed E-state index contributed by atoms with van der Waals surface area (Å²) in [5, 5.41) is 20.0. The monoisotopic (exact) mass is 454 g/mol. The van der Waals surface area contributed by atoms with Gasteiger partial charge in [0.2, 0.25) is 0 Å². The van der Waals surface area contributed by atoms with Gasteiger partial charge in [-0.1, -0.05) is 0 Å². The molecule has 2 heterocycles. The minimum atomic E-state index is -5.46. The van der Waals surface area contributed by atoms with E-state index in [4.69, 9.17) is 11.2 Å². The van der Waals surface area contributed by atoms with E-state index in [0.29, 0.717) is 0 Å². The van der Waals surface area contributed by atoms with Crippen molar-refractivity contribution in [2.45, 2.75) is 31.0 Å². The number of aliphatic hydroxyl groups is 2. The second-order valence-electron chi connectivity index (χ2n) is 5.62. The summed E-state index contributed by atoms with van der Waals surface area (Å²) in [5.74, 6) is 2.07. The molecule has 1 aromatic rings. The first-order valence-corrected chi connectivity index (χ1v) is 10.8. The maximum Gasteiger partial charge on any atom is 0.330 e. The Balaban J connectivity index is 2.00. The number of ether oxygens (including phenoxy) is 1. The van der Waals surface area contributed by atoms with Crippen LogP contribution >= 0.6 is 15.6 Å². The number of aliphatic hydroxyl groups excluding tert-OH is 2. The van der Waals surface area contributed by atoms with Crippen molar-refractivity contribution in [3.8, 4) is 12.3 Å². The Morgan fingerprint density at radius 3 is 2.52 bits per heavy atom. The molecular weight excluding hydrogens is 438 g/mol. The molecular formula is C13H16N2O12P2-2. The first-order valence-electron chi connectivity index (χ1n) is 7.85. The minimum absolute atomic E-state index is 0.120. The third-order valence-electron chi connectivity index (χ3n) is 3.56. The van der Waals surface area contributed by atoms with Gasteiger partial charge in [0.05, 0.1) is 13.2 Å². The number of phosphoric acid groups is 2. The van der Waals surface area contributed by atoms with Crippen LogP contribution in [0.25, 0.3) is 0 Å². The van der Waals surface area contributed by atoms with E-state index in [0.717, 1.165) is 16.8 Å². The van der Waals surface area contributed by atoms with Crippen molar-refractivity contribution in [3.63, 3.8) is 0 Å². The number of rotatable bonds is 9.